The average Bonchev–Trinajstić information content (AvgIpc) is 3.65. The van der Waals surface area contributed by atoms with Crippen LogP contribution in [0, 0.1) is 0 Å². The Bertz CT molecular complexity index is 1720. The fourth-order valence-electron chi connectivity index (χ4n) is 4.99. The average molecular weight is 555 g/mol. The fourth-order valence-corrected chi connectivity index (χ4v) is 4.99. The highest BCUT2D eigenvalue weighted by Gasteiger charge is 2.19. The molecule has 0 bridgehead atoms. The van der Waals surface area contributed by atoms with Crippen molar-refractivity contribution in [3.05, 3.63) is 99.6 Å². The smallest absolute Gasteiger partial charge is 0.252 e. The molecule has 0 atom stereocenters. The van der Waals surface area contributed by atoms with Crippen LogP contribution in [0.15, 0.2) is 71.5 Å². The molecule has 0 saturated carbocycles. The van der Waals surface area contributed by atoms with E-state index in [1.165, 1.54) is 5.56 Å². The first-order valence-electron chi connectivity index (χ1n) is 13.3. The van der Waals surface area contributed by atoms with Crippen molar-refractivity contribution >= 4 is 10.9 Å². The van der Waals surface area contributed by atoms with Gasteiger partial charge in [-0.3, -0.25) is 9.69 Å². The van der Waals surface area contributed by atoms with Crippen LogP contribution in [-0.2, 0) is 32.6 Å². The number of hydrogen-bond acceptors (Lipinski definition) is 9. The summed E-state index contributed by atoms with van der Waals surface area (Å²) in [5.41, 5.74) is 3.32. The topological polar surface area (TPSA) is 117 Å². The predicted octanol–water partition coefficient (Wildman–Crippen LogP) is 3.71. The summed E-state index contributed by atoms with van der Waals surface area (Å²) in [6, 6.07) is 21.6. The largest absolute Gasteiger partial charge is 0.493 e. The molecule has 0 fully saturated rings. The summed E-state index contributed by atoms with van der Waals surface area (Å²) >= 11 is 0. The van der Waals surface area contributed by atoms with E-state index in [9.17, 15) is 4.79 Å². The molecule has 11 nitrogen and oxygen atoms in total. The highest BCUT2D eigenvalue weighted by molar-refractivity contribution is 5.83. The van der Waals surface area contributed by atoms with Crippen LogP contribution in [0.2, 0.25) is 0 Å². The van der Waals surface area contributed by atoms with E-state index in [4.69, 9.17) is 18.9 Å². The van der Waals surface area contributed by atoms with Gasteiger partial charge in [0.1, 0.15) is 0 Å². The van der Waals surface area contributed by atoms with Crippen LogP contribution in [0.1, 0.15) is 22.5 Å². The minimum Gasteiger partial charge on any atom is -0.493 e. The Balaban J connectivity index is 1.29. The van der Waals surface area contributed by atoms with Crippen LogP contribution in [0.3, 0.4) is 0 Å². The number of methoxy groups -OCH3 is 2. The molecule has 0 amide bonds. The summed E-state index contributed by atoms with van der Waals surface area (Å²) in [6.45, 7) is 2.17. The quantitative estimate of drug-likeness (QED) is 0.261. The number of ether oxygens (including phenoxy) is 4. The zero-order valence-corrected chi connectivity index (χ0v) is 22.9. The molecule has 0 spiro atoms. The molecule has 1 aliphatic rings. The van der Waals surface area contributed by atoms with Gasteiger partial charge < -0.3 is 23.9 Å². The molecule has 3 aromatic carbocycles. The molecule has 1 N–H and O–H groups in total. The Morgan fingerprint density at radius 1 is 0.902 bits per heavy atom. The lowest BCUT2D eigenvalue weighted by Gasteiger charge is -2.22. The molecule has 0 unspecified atom stereocenters. The van der Waals surface area contributed by atoms with Gasteiger partial charge in [0.2, 0.25) is 6.79 Å². The normalized spacial score (nSPS) is 12.3. The number of rotatable bonds is 11. The van der Waals surface area contributed by atoms with E-state index in [1.807, 2.05) is 53.2 Å². The molecule has 6 rings (SSSR count). The molecule has 41 heavy (non-hydrogen) atoms. The highest BCUT2D eigenvalue weighted by atomic mass is 16.7. The van der Waals surface area contributed by atoms with Crippen molar-refractivity contribution in [2.75, 3.05) is 21.0 Å². The standard InChI is InChI=1S/C30H30N6O5/c1-38-26-14-22-13-23(30(37)31-24(22)15-27(26)39-2)17-35(16-21-8-9-25-28(12-21)41-19-40-25)18-29-32-33-34-36(29)11-10-20-6-4-3-5-7-20/h3-9,12-15H,10-11,16-19H2,1-2H3,(H,31,37). The number of nitrogens with one attached hydrogen (secondary N) is 1. The summed E-state index contributed by atoms with van der Waals surface area (Å²) in [5.74, 6) is 3.29. The molecular formula is C30H30N6O5. The SMILES string of the molecule is COc1cc2cc(CN(Cc3ccc4c(c3)OCO4)Cc3nnnn3CCc3ccccc3)c(=O)[nH]c2cc1OC. The number of aryl methyl sites for hydroxylation is 2. The second-order valence-corrected chi connectivity index (χ2v) is 9.80. The molecule has 0 radical (unpaired) electrons. The Hall–Kier alpha value is -4.90. The van der Waals surface area contributed by atoms with E-state index >= 15 is 0 Å². The van der Waals surface area contributed by atoms with E-state index in [2.05, 4.69) is 37.5 Å². The van der Waals surface area contributed by atoms with E-state index in [-0.39, 0.29) is 12.4 Å². The molecule has 2 aromatic heterocycles. The van der Waals surface area contributed by atoms with E-state index < -0.39 is 0 Å². The first-order chi connectivity index (χ1) is 20.1. The molecule has 5 aromatic rings. The first-order valence-corrected chi connectivity index (χ1v) is 13.3. The van der Waals surface area contributed by atoms with Crippen molar-refractivity contribution < 1.29 is 18.9 Å². The van der Waals surface area contributed by atoms with Gasteiger partial charge in [0.15, 0.2) is 28.8 Å². The Morgan fingerprint density at radius 2 is 1.71 bits per heavy atom. The number of aromatic amines is 1. The fraction of sp³-hybridized carbons (Fsp3) is 0.267. The van der Waals surface area contributed by atoms with E-state index in [0.29, 0.717) is 60.3 Å². The lowest BCUT2D eigenvalue weighted by molar-refractivity contribution is 0.174. The molecule has 1 aliphatic heterocycles. The molecule has 210 valence electrons. The molecule has 0 aliphatic carbocycles. The number of tetrazole rings is 1. The Labute approximate surface area is 236 Å². The third-order valence-corrected chi connectivity index (χ3v) is 7.09. The first kappa shape index (κ1) is 26.3. The minimum absolute atomic E-state index is 0.177. The second kappa shape index (κ2) is 11.7. The van der Waals surface area contributed by atoms with Gasteiger partial charge in [-0.2, -0.15) is 0 Å². The van der Waals surface area contributed by atoms with Gasteiger partial charge >= 0.3 is 0 Å². The van der Waals surface area contributed by atoms with Gasteiger partial charge in [-0.05, 0) is 52.2 Å². The number of fused-ring (bicyclic) bond motifs is 2. The van der Waals surface area contributed by atoms with Crippen LogP contribution in [0.4, 0.5) is 0 Å². The molecule has 3 heterocycles. The maximum atomic E-state index is 13.2. The monoisotopic (exact) mass is 554 g/mol. The van der Waals surface area contributed by atoms with Crippen LogP contribution < -0.4 is 24.5 Å². The van der Waals surface area contributed by atoms with Crippen molar-refractivity contribution in [2.45, 2.75) is 32.6 Å². The highest BCUT2D eigenvalue weighted by Crippen LogP contribution is 2.33. The molecular weight excluding hydrogens is 524 g/mol. The molecule has 0 saturated heterocycles. The maximum absolute atomic E-state index is 13.2. The summed E-state index contributed by atoms with van der Waals surface area (Å²) in [4.78, 5) is 18.4. The van der Waals surface area contributed by atoms with Crippen molar-refractivity contribution in [3.8, 4) is 23.0 Å². The number of hydrogen-bond donors (Lipinski definition) is 1. The zero-order valence-electron chi connectivity index (χ0n) is 22.9. The van der Waals surface area contributed by atoms with Crippen molar-refractivity contribution in [3.63, 3.8) is 0 Å². The number of pyridine rings is 1. The molecule has 11 heteroatoms. The van der Waals surface area contributed by atoms with E-state index in [0.717, 1.165) is 23.1 Å². The third kappa shape index (κ3) is 5.85. The number of benzene rings is 3. The van der Waals surface area contributed by atoms with Crippen molar-refractivity contribution in [1.82, 2.24) is 30.1 Å². The number of aromatic nitrogens is 5. The third-order valence-electron chi connectivity index (χ3n) is 7.09. The maximum Gasteiger partial charge on any atom is 0.252 e. The second-order valence-electron chi connectivity index (χ2n) is 9.80. The van der Waals surface area contributed by atoms with Crippen LogP contribution >= 0.6 is 0 Å². The van der Waals surface area contributed by atoms with Crippen molar-refractivity contribution in [1.29, 1.82) is 0 Å². The Morgan fingerprint density at radius 3 is 2.54 bits per heavy atom. The summed E-state index contributed by atoms with van der Waals surface area (Å²) in [6.07, 6.45) is 0.802. The van der Waals surface area contributed by atoms with Gasteiger partial charge in [-0.25, -0.2) is 4.68 Å². The zero-order chi connectivity index (χ0) is 28.2. The predicted molar refractivity (Wildman–Crippen MR) is 151 cm³/mol. The van der Waals surface area contributed by atoms with E-state index in [1.54, 1.807) is 20.3 Å². The number of nitrogens with zero attached hydrogens (tertiary/aromatic N) is 5. The van der Waals surface area contributed by atoms with Gasteiger partial charge in [-0.15, -0.1) is 5.10 Å². The summed E-state index contributed by atoms with van der Waals surface area (Å²) in [7, 11) is 3.16. The lowest BCUT2D eigenvalue weighted by Crippen LogP contribution is -2.28. The van der Waals surface area contributed by atoms with Gasteiger partial charge in [-0.1, -0.05) is 36.4 Å². The van der Waals surface area contributed by atoms with Crippen LogP contribution in [0.5, 0.6) is 23.0 Å². The van der Waals surface area contributed by atoms with Gasteiger partial charge in [0.25, 0.3) is 5.56 Å². The lowest BCUT2D eigenvalue weighted by atomic mass is 10.1. The van der Waals surface area contributed by atoms with Gasteiger partial charge in [0.05, 0.1) is 26.3 Å². The summed E-state index contributed by atoms with van der Waals surface area (Å²) in [5, 5.41) is 13.4. The van der Waals surface area contributed by atoms with Gasteiger partial charge in [0, 0.05) is 36.7 Å². The van der Waals surface area contributed by atoms with Crippen LogP contribution in [0.25, 0.3) is 10.9 Å². The Kier molecular flexibility index (Phi) is 7.50. The minimum atomic E-state index is -0.177. The van der Waals surface area contributed by atoms with Crippen molar-refractivity contribution in [2.24, 2.45) is 0 Å². The number of H-pyrrole nitrogens is 1. The van der Waals surface area contributed by atoms with Crippen LogP contribution in [-0.4, -0.2) is 51.1 Å². The summed E-state index contributed by atoms with van der Waals surface area (Å²) < 4.78 is 23.8.